The zero-order valence-electron chi connectivity index (χ0n) is 16.3. The Morgan fingerprint density at radius 3 is 2.93 bits per heavy atom. The van der Waals surface area contributed by atoms with E-state index in [1.54, 1.807) is 13.2 Å². The summed E-state index contributed by atoms with van der Waals surface area (Å²) < 4.78 is 5.17. The lowest BCUT2D eigenvalue weighted by molar-refractivity contribution is 0.252. The van der Waals surface area contributed by atoms with Crippen molar-refractivity contribution in [1.29, 1.82) is 0 Å². The fourth-order valence-corrected chi connectivity index (χ4v) is 3.58. The number of carbonyl (C=O) groups excluding carboxylic acids is 1. The fraction of sp³-hybridized carbons (Fsp3) is 0.409. The van der Waals surface area contributed by atoms with Gasteiger partial charge in [0.25, 0.3) is 0 Å². The number of amides is 2. The van der Waals surface area contributed by atoms with E-state index in [9.17, 15) is 4.79 Å². The molecule has 3 rings (SSSR count). The third-order valence-electron chi connectivity index (χ3n) is 4.88. The van der Waals surface area contributed by atoms with Crippen molar-refractivity contribution >= 4 is 17.4 Å². The first kappa shape index (κ1) is 19.1. The summed E-state index contributed by atoms with van der Waals surface area (Å²) >= 11 is 0. The van der Waals surface area contributed by atoms with Crippen LogP contribution in [0.3, 0.4) is 0 Å². The molecule has 0 saturated heterocycles. The Kier molecular flexibility index (Phi) is 6.58. The van der Waals surface area contributed by atoms with Crippen molar-refractivity contribution in [2.24, 2.45) is 0 Å². The highest BCUT2D eigenvalue weighted by Crippen LogP contribution is 2.28. The summed E-state index contributed by atoms with van der Waals surface area (Å²) in [5.41, 5.74) is 4.81. The standard InChI is InChI=1S/C22H29N3O2/c1-3-13-25-14-5-6-18-15-17(9-10-21(18)25)11-12-23-22(26)24-19-7-4-8-20(16-19)27-2/h4,7-10,15-16H,3,5-6,11-14H2,1-2H3,(H2,23,24,26). The molecule has 0 atom stereocenters. The van der Waals surface area contributed by atoms with Gasteiger partial charge in [-0.3, -0.25) is 0 Å². The van der Waals surface area contributed by atoms with Gasteiger partial charge in [0.1, 0.15) is 5.75 Å². The first-order valence-corrected chi connectivity index (χ1v) is 9.75. The summed E-state index contributed by atoms with van der Waals surface area (Å²) in [6.45, 7) is 5.11. The summed E-state index contributed by atoms with van der Waals surface area (Å²) in [6, 6.07) is 13.9. The highest BCUT2D eigenvalue weighted by molar-refractivity contribution is 5.89. The van der Waals surface area contributed by atoms with Gasteiger partial charge in [-0.1, -0.05) is 25.1 Å². The Labute approximate surface area is 161 Å². The van der Waals surface area contributed by atoms with Crippen molar-refractivity contribution in [1.82, 2.24) is 5.32 Å². The predicted octanol–water partition coefficient (Wildman–Crippen LogP) is 4.22. The van der Waals surface area contributed by atoms with E-state index < -0.39 is 0 Å². The Morgan fingerprint density at radius 1 is 1.22 bits per heavy atom. The zero-order valence-corrected chi connectivity index (χ0v) is 16.3. The molecule has 1 aliphatic rings. The average Bonchev–Trinajstić information content (AvgIpc) is 2.68. The third kappa shape index (κ3) is 5.16. The number of aryl methyl sites for hydroxylation is 1. The number of benzene rings is 2. The molecule has 0 bridgehead atoms. The van der Waals surface area contributed by atoms with E-state index in [1.807, 2.05) is 18.2 Å². The van der Waals surface area contributed by atoms with Crippen molar-refractivity contribution < 1.29 is 9.53 Å². The number of anilines is 2. The summed E-state index contributed by atoms with van der Waals surface area (Å²) in [4.78, 5) is 14.6. The van der Waals surface area contributed by atoms with Gasteiger partial charge in [-0.05, 0) is 55.0 Å². The van der Waals surface area contributed by atoms with E-state index in [2.05, 4.69) is 40.7 Å². The Bertz CT molecular complexity index is 776. The quantitative estimate of drug-likeness (QED) is 0.770. The Morgan fingerprint density at radius 2 is 2.11 bits per heavy atom. The van der Waals surface area contributed by atoms with Gasteiger partial charge in [-0.15, -0.1) is 0 Å². The van der Waals surface area contributed by atoms with Crippen molar-refractivity contribution in [3.63, 3.8) is 0 Å². The second-order valence-corrected chi connectivity index (χ2v) is 6.92. The van der Waals surface area contributed by atoms with Crippen LogP contribution in [0.2, 0.25) is 0 Å². The second kappa shape index (κ2) is 9.31. The van der Waals surface area contributed by atoms with Crippen LogP contribution in [0.25, 0.3) is 0 Å². The van der Waals surface area contributed by atoms with Gasteiger partial charge in [0.2, 0.25) is 0 Å². The van der Waals surface area contributed by atoms with E-state index >= 15 is 0 Å². The molecule has 1 heterocycles. The highest BCUT2D eigenvalue weighted by Gasteiger charge is 2.16. The molecule has 144 valence electrons. The number of hydrogen-bond donors (Lipinski definition) is 2. The van der Waals surface area contributed by atoms with E-state index in [4.69, 9.17) is 4.74 Å². The number of ether oxygens (including phenoxy) is 1. The number of fused-ring (bicyclic) bond motifs is 1. The number of rotatable bonds is 7. The summed E-state index contributed by atoms with van der Waals surface area (Å²) in [6.07, 6.45) is 4.37. The van der Waals surface area contributed by atoms with Crippen LogP contribution in [0.1, 0.15) is 30.9 Å². The lowest BCUT2D eigenvalue weighted by Crippen LogP contribution is -2.31. The normalized spacial score (nSPS) is 13.0. The van der Waals surface area contributed by atoms with Crippen molar-refractivity contribution in [2.45, 2.75) is 32.6 Å². The number of nitrogens with one attached hydrogen (secondary N) is 2. The molecular formula is C22H29N3O2. The number of hydrogen-bond acceptors (Lipinski definition) is 3. The molecule has 2 aromatic rings. The second-order valence-electron chi connectivity index (χ2n) is 6.92. The van der Waals surface area contributed by atoms with Crippen LogP contribution in [-0.4, -0.2) is 32.8 Å². The molecule has 2 amide bonds. The third-order valence-corrected chi connectivity index (χ3v) is 4.88. The first-order valence-electron chi connectivity index (χ1n) is 9.75. The van der Waals surface area contributed by atoms with Gasteiger partial charge >= 0.3 is 6.03 Å². The predicted molar refractivity (Wildman–Crippen MR) is 111 cm³/mol. The van der Waals surface area contributed by atoms with E-state index in [0.29, 0.717) is 6.54 Å². The average molecular weight is 367 g/mol. The molecule has 0 unspecified atom stereocenters. The zero-order chi connectivity index (χ0) is 19.1. The van der Waals surface area contributed by atoms with Crippen LogP contribution in [0.4, 0.5) is 16.2 Å². The van der Waals surface area contributed by atoms with Gasteiger partial charge in [0.15, 0.2) is 0 Å². The molecule has 5 heteroatoms. The lowest BCUT2D eigenvalue weighted by atomic mass is 9.98. The fourth-order valence-electron chi connectivity index (χ4n) is 3.58. The van der Waals surface area contributed by atoms with Gasteiger partial charge in [0, 0.05) is 37.1 Å². The number of carbonyl (C=O) groups is 1. The summed E-state index contributed by atoms with van der Waals surface area (Å²) in [7, 11) is 1.61. The van der Waals surface area contributed by atoms with Crippen LogP contribution in [0, 0.1) is 0 Å². The maximum atomic E-state index is 12.1. The molecule has 27 heavy (non-hydrogen) atoms. The van der Waals surface area contributed by atoms with Crippen LogP contribution in [-0.2, 0) is 12.8 Å². The largest absolute Gasteiger partial charge is 0.497 e. The monoisotopic (exact) mass is 367 g/mol. The molecule has 5 nitrogen and oxygen atoms in total. The molecule has 0 radical (unpaired) electrons. The SMILES string of the molecule is CCCN1CCCc2cc(CCNC(=O)Nc3cccc(OC)c3)ccc21. The molecule has 1 aliphatic heterocycles. The van der Waals surface area contributed by atoms with Crippen LogP contribution in [0.5, 0.6) is 5.75 Å². The molecule has 2 aromatic carbocycles. The number of urea groups is 1. The minimum Gasteiger partial charge on any atom is -0.497 e. The highest BCUT2D eigenvalue weighted by atomic mass is 16.5. The minimum atomic E-state index is -0.199. The molecule has 0 fully saturated rings. The van der Waals surface area contributed by atoms with Crippen molar-refractivity contribution in [2.75, 3.05) is 37.0 Å². The van der Waals surface area contributed by atoms with Gasteiger partial charge in [0.05, 0.1) is 7.11 Å². The lowest BCUT2D eigenvalue weighted by Gasteiger charge is -2.31. The maximum absolute atomic E-state index is 12.1. The van der Waals surface area contributed by atoms with E-state index in [0.717, 1.165) is 37.4 Å². The maximum Gasteiger partial charge on any atom is 0.319 e. The molecule has 0 saturated carbocycles. The van der Waals surface area contributed by atoms with Crippen LogP contribution in [0.15, 0.2) is 42.5 Å². The topological polar surface area (TPSA) is 53.6 Å². The van der Waals surface area contributed by atoms with Crippen molar-refractivity contribution in [3.8, 4) is 5.75 Å². The summed E-state index contributed by atoms with van der Waals surface area (Å²) in [5, 5.41) is 5.76. The van der Waals surface area contributed by atoms with Gasteiger partial charge < -0.3 is 20.3 Å². The molecular weight excluding hydrogens is 338 g/mol. The summed E-state index contributed by atoms with van der Waals surface area (Å²) in [5.74, 6) is 0.721. The minimum absolute atomic E-state index is 0.199. The Balaban J connectivity index is 1.51. The van der Waals surface area contributed by atoms with Crippen LogP contribution < -0.4 is 20.3 Å². The van der Waals surface area contributed by atoms with E-state index in [1.165, 1.54) is 29.7 Å². The van der Waals surface area contributed by atoms with E-state index in [-0.39, 0.29) is 6.03 Å². The number of methoxy groups -OCH3 is 1. The molecule has 0 aromatic heterocycles. The Hall–Kier alpha value is -2.69. The van der Waals surface area contributed by atoms with Gasteiger partial charge in [-0.2, -0.15) is 0 Å². The van der Waals surface area contributed by atoms with Crippen LogP contribution >= 0.6 is 0 Å². The number of nitrogens with zero attached hydrogens (tertiary/aromatic N) is 1. The first-order chi connectivity index (χ1) is 13.2. The smallest absolute Gasteiger partial charge is 0.319 e. The molecule has 0 spiro atoms. The molecule has 2 N–H and O–H groups in total. The van der Waals surface area contributed by atoms with Crippen molar-refractivity contribution in [3.05, 3.63) is 53.6 Å². The van der Waals surface area contributed by atoms with Gasteiger partial charge in [-0.25, -0.2) is 4.79 Å². The molecule has 0 aliphatic carbocycles.